The highest BCUT2D eigenvalue weighted by Gasteiger charge is 2.23. The van der Waals surface area contributed by atoms with Gasteiger partial charge in [0.2, 0.25) is 5.75 Å². The molecule has 0 atom stereocenters. The summed E-state index contributed by atoms with van der Waals surface area (Å²) in [4.78, 5) is 23.9. The zero-order chi connectivity index (χ0) is 16.9. The molecule has 0 bridgehead atoms. The van der Waals surface area contributed by atoms with E-state index in [1.54, 1.807) is 0 Å². The quantitative estimate of drug-likeness (QED) is 0.215. The first kappa shape index (κ1) is 14.7. The van der Waals surface area contributed by atoms with E-state index in [1.165, 1.54) is 12.1 Å². The highest BCUT2D eigenvalue weighted by Crippen LogP contribution is 2.41. The zero-order valence-electron chi connectivity index (χ0n) is 11.7. The molecule has 8 nitrogen and oxygen atoms in total. The number of aliphatic hydroxyl groups is 1. The van der Waals surface area contributed by atoms with Crippen molar-refractivity contribution in [1.29, 1.82) is 0 Å². The van der Waals surface area contributed by atoms with Gasteiger partial charge in [0.1, 0.15) is 0 Å². The molecule has 0 aliphatic rings. The van der Waals surface area contributed by atoms with E-state index in [0.717, 1.165) is 13.2 Å². The number of aromatic hydroxyl groups is 3. The van der Waals surface area contributed by atoms with Crippen molar-refractivity contribution in [2.24, 2.45) is 0 Å². The maximum Gasteiger partial charge on any atom is 0.344 e. The molecule has 118 valence electrons. The molecule has 4 aromatic rings. The normalized spacial score (nSPS) is 11.0. The van der Waals surface area contributed by atoms with Crippen molar-refractivity contribution in [1.82, 2.24) is 0 Å². The van der Waals surface area contributed by atoms with Crippen molar-refractivity contribution < 1.29 is 29.3 Å². The lowest BCUT2D eigenvalue weighted by Crippen LogP contribution is -2.06. The molecule has 8 heteroatoms. The summed E-state index contributed by atoms with van der Waals surface area (Å²) in [7, 11) is 1.00. The van der Waals surface area contributed by atoms with Crippen LogP contribution in [0.1, 0.15) is 0 Å². The van der Waals surface area contributed by atoms with Crippen LogP contribution in [0.4, 0.5) is 0 Å². The Labute approximate surface area is 126 Å². The van der Waals surface area contributed by atoms with E-state index in [-0.39, 0.29) is 38.5 Å². The summed E-state index contributed by atoms with van der Waals surface area (Å²) in [6.45, 7) is 0. The van der Waals surface area contributed by atoms with E-state index in [4.69, 9.17) is 13.9 Å². The van der Waals surface area contributed by atoms with E-state index in [1.807, 2.05) is 0 Å². The molecule has 0 spiro atoms. The van der Waals surface area contributed by atoms with Crippen molar-refractivity contribution >= 4 is 32.7 Å². The summed E-state index contributed by atoms with van der Waals surface area (Å²) in [6, 6.07) is 3.55. The molecule has 0 unspecified atom stereocenters. The van der Waals surface area contributed by atoms with Crippen LogP contribution in [0.2, 0.25) is 0 Å². The van der Waals surface area contributed by atoms with Crippen molar-refractivity contribution in [3.63, 3.8) is 0 Å². The fraction of sp³-hybridized carbons (Fsp3) is 0.0667. The van der Waals surface area contributed by atoms with Gasteiger partial charge in [-0.15, -0.1) is 0 Å². The van der Waals surface area contributed by atoms with Crippen molar-refractivity contribution in [2.75, 3.05) is 7.11 Å². The summed E-state index contributed by atoms with van der Waals surface area (Å²) in [5, 5.41) is 36.6. The Kier molecular flexibility index (Phi) is 3.12. The molecule has 4 N–H and O–H groups in total. The molecule has 23 heavy (non-hydrogen) atoms. The van der Waals surface area contributed by atoms with E-state index < -0.39 is 22.8 Å². The third-order valence-electron chi connectivity index (χ3n) is 3.45. The van der Waals surface area contributed by atoms with Crippen molar-refractivity contribution in [2.45, 2.75) is 0 Å². The lowest BCUT2D eigenvalue weighted by Gasteiger charge is -2.10. The summed E-state index contributed by atoms with van der Waals surface area (Å²) in [5.41, 5.74) is -2.12. The van der Waals surface area contributed by atoms with Gasteiger partial charge in [-0.2, -0.15) is 0 Å². The molecule has 0 saturated heterocycles. The molecule has 4 rings (SSSR count). The van der Waals surface area contributed by atoms with Crippen LogP contribution in [-0.2, 0) is 0 Å². The Morgan fingerprint density at radius 3 is 2.04 bits per heavy atom. The van der Waals surface area contributed by atoms with Crippen LogP contribution in [0.15, 0.2) is 36.6 Å². The topological polar surface area (TPSA) is 141 Å². The average molecular weight is 318 g/mol. The molecule has 0 saturated carbocycles. The maximum absolute atomic E-state index is 12.0. The van der Waals surface area contributed by atoms with Gasteiger partial charge in [-0.3, -0.25) is 0 Å². The van der Waals surface area contributed by atoms with Crippen LogP contribution in [0.3, 0.4) is 0 Å². The number of phenolic OH excluding ortho intramolecular Hbond substituents is 3. The Balaban J connectivity index is 0.000000753. The molecular weight excluding hydrogens is 308 g/mol. The van der Waals surface area contributed by atoms with Crippen LogP contribution in [0.25, 0.3) is 32.7 Å². The lowest BCUT2D eigenvalue weighted by molar-refractivity contribution is 0.398. The minimum Gasteiger partial charge on any atom is -0.504 e. The second-order valence-corrected chi connectivity index (χ2v) is 4.61. The number of aliphatic hydroxyl groups excluding tert-OH is 1. The SMILES string of the molecule is CO.O=c1oc2c(O)c(O)cc3c(=O)oc4c(O)ccc1c4c23. The summed E-state index contributed by atoms with van der Waals surface area (Å²) in [6.07, 6.45) is 0. The molecule has 2 heterocycles. The predicted octanol–water partition coefficient (Wildman–Crippen LogP) is 1.22. The molecule has 0 radical (unpaired) electrons. The minimum atomic E-state index is -0.834. The van der Waals surface area contributed by atoms with E-state index in [9.17, 15) is 24.9 Å². The number of rotatable bonds is 0. The zero-order valence-corrected chi connectivity index (χ0v) is 11.7. The van der Waals surface area contributed by atoms with E-state index >= 15 is 0 Å². The molecule has 0 aliphatic carbocycles. The highest BCUT2D eigenvalue weighted by atomic mass is 16.4. The highest BCUT2D eigenvalue weighted by molar-refractivity contribution is 6.21. The molecule has 0 fully saturated rings. The van der Waals surface area contributed by atoms with Gasteiger partial charge in [-0.05, 0) is 18.2 Å². The van der Waals surface area contributed by atoms with Gasteiger partial charge in [0.15, 0.2) is 22.7 Å². The van der Waals surface area contributed by atoms with Gasteiger partial charge < -0.3 is 29.3 Å². The molecular formula is C15H10O8. The molecule has 0 amide bonds. The number of hydrogen-bond acceptors (Lipinski definition) is 8. The maximum atomic E-state index is 12.0. The van der Waals surface area contributed by atoms with E-state index in [0.29, 0.717) is 0 Å². The molecule has 2 aromatic carbocycles. The lowest BCUT2D eigenvalue weighted by atomic mass is 10.0. The van der Waals surface area contributed by atoms with Gasteiger partial charge >= 0.3 is 11.3 Å². The predicted molar refractivity (Wildman–Crippen MR) is 80.4 cm³/mol. The number of benzene rings is 2. The number of phenols is 3. The first-order chi connectivity index (χ1) is 11.0. The standard InChI is InChI=1S/C14H6O7.CH4O/c15-6-2-1-4-8-9-5(14(19)20-11(6)8)3-7(16)10(17)12(9)21-13(4)18;1-2/h1-3,15-17H;2H,1H3. The average Bonchev–Trinajstić information content (AvgIpc) is 2.54. The van der Waals surface area contributed by atoms with Crippen LogP contribution >= 0.6 is 0 Å². The van der Waals surface area contributed by atoms with Gasteiger partial charge in [-0.25, -0.2) is 9.59 Å². The second kappa shape index (κ2) is 4.89. The second-order valence-electron chi connectivity index (χ2n) is 4.61. The number of hydrogen-bond donors (Lipinski definition) is 4. The monoisotopic (exact) mass is 318 g/mol. The Hall–Kier alpha value is -3.26. The van der Waals surface area contributed by atoms with Gasteiger partial charge in [0.25, 0.3) is 0 Å². The largest absolute Gasteiger partial charge is 0.504 e. The summed E-state index contributed by atoms with van der Waals surface area (Å²) in [5.74, 6) is -1.58. The first-order valence-electron chi connectivity index (χ1n) is 6.33. The Morgan fingerprint density at radius 2 is 1.35 bits per heavy atom. The first-order valence-corrected chi connectivity index (χ1v) is 6.33. The van der Waals surface area contributed by atoms with Crippen LogP contribution in [0, 0.1) is 0 Å². The van der Waals surface area contributed by atoms with Crippen LogP contribution in [0.5, 0.6) is 17.2 Å². The van der Waals surface area contributed by atoms with Gasteiger partial charge in [0.05, 0.1) is 10.8 Å². The Bertz CT molecular complexity index is 1150. The van der Waals surface area contributed by atoms with E-state index in [2.05, 4.69) is 0 Å². The van der Waals surface area contributed by atoms with Crippen LogP contribution in [-0.4, -0.2) is 27.5 Å². The molecule has 2 aromatic heterocycles. The Morgan fingerprint density at radius 1 is 0.783 bits per heavy atom. The van der Waals surface area contributed by atoms with Crippen molar-refractivity contribution in [3.05, 3.63) is 39.0 Å². The fourth-order valence-electron chi connectivity index (χ4n) is 2.53. The third kappa shape index (κ3) is 1.82. The smallest absolute Gasteiger partial charge is 0.344 e. The third-order valence-corrected chi connectivity index (χ3v) is 3.45. The molecule has 0 aliphatic heterocycles. The van der Waals surface area contributed by atoms with Gasteiger partial charge in [-0.1, -0.05) is 0 Å². The summed E-state index contributed by atoms with van der Waals surface area (Å²) < 4.78 is 10.0. The summed E-state index contributed by atoms with van der Waals surface area (Å²) >= 11 is 0. The van der Waals surface area contributed by atoms with Gasteiger partial charge in [0, 0.05) is 17.9 Å². The minimum absolute atomic E-state index is 0.0628. The fourth-order valence-corrected chi connectivity index (χ4v) is 2.53. The van der Waals surface area contributed by atoms with Crippen LogP contribution < -0.4 is 11.3 Å². The van der Waals surface area contributed by atoms with Crippen molar-refractivity contribution in [3.8, 4) is 17.2 Å².